The molecule has 6 nitrogen and oxygen atoms in total. The third-order valence-corrected chi connectivity index (χ3v) is 6.98. The summed E-state index contributed by atoms with van der Waals surface area (Å²) in [6.07, 6.45) is 0. The molecular formula is C23H46N6. The third-order valence-electron chi connectivity index (χ3n) is 6.98. The molecule has 0 saturated heterocycles. The molecule has 2 aromatic rings. The highest BCUT2D eigenvalue weighted by Crippen LogP contribution is 2.37. The highest BCUT2D eigenvalue weighted by atomic mass is 15.5. The van der Waals surface area contributed by atoms with E-state index in [0.717, 1.165) is 22.8 Å². The summed E-state index contributed by atoms with van der Waals surface area (Å²) in [5.41, 5.74) is 4.64. The topological polar surface area (TPSA) is 61.4 Å². The van der Waals surface area contributed by atoms with Crippen LogP contribution >= 0.6 is 0 Å². The minimum Gasteiger partial charge on any atom is -0.243 e. The summed E-state index contributed by atoms with van der Waals surface area (Å²) < 4.78 is 4.06. The van der Waals surface area contributed by atoms with Crippen LogP contribution in [-0.4, -0.2) is 30.0 Å². The van der Waals surface area contributed by atoms with E-state index in [1.807, 2.05) is 23.2 Å². The van der Waals surface area contributed by atoms with E-state index in [9.17, 15) is 0 Å². The van der Waals surface area contributed by atoms with Crippen molar-refractivity contribution in [3.63, 3.8) is 0 Å². The molecule has 0 spiro atoms. The molecule has 0 aliphatic heterocycles. The maximum atomic E-state index is 4.22. The second-order valence-corrected chi connectivity index (χ2v) is 11.0. The van der Waals surface area contributed by atoms with E-state index in [4.69, 9.17) is 0 Å². The summed E-state index contributed by atoms with van der Waals surface area (Å²) in [5.74, 6) is 0. The minimum atomic E-state index is -0.0155. The van der Waals surface area contributed by atoms with Gasteiger partial charge in [-0.25, -0.2) is 9.36 Å². The molecule has 2 heterocycles. The minimum absolute atomic E-state index is 0. The van der Waals surface area contributed by atoms with Gasteiger partial charge in [0.15, 0.2) is 0 Å². The van der Waals surface area contributed by atoms with Crippen molar-refractivity contribution in [3.05, 3.63) is 22.8 Å². The summed E-state index contributed by atoms with van der Waals surface area (Å²) in [4.78, 5) is 0. The van der Waals surface area contributed by atoms with Crippen molar-refractivity contribution in [2.75, 3.05) is 0 Å². The number of aryl methyl sites for hydroxylation is 2. The number of hydrogen-bond acceptors (Lipinski definition) is 4. The SMILES string of the molecule is C.Cc1nnn(C(C)(C)C(C)(C)C)c1C.Cc1nnn(C(C)(C)C(C)(C)C)c1C. The molecule has 0 aliphatic carbocycles. The van der Waals surface area contributed by atoms with Crippen LogP contribution in [0, 0.1) is 38.5 Å². The van der Waals surface area contributed by atoms with Crippen molar-refractivity contribution in [1.82, 2.24) is 30.0 Å². The molecule has 29 heavy (non-hydrogen) atoms. The van der Waals surface area contributed by atoms with E-state index in [0.29, 0.717) is 0 Å². The van der Waals surface area contributed by atoms with Gasteiger partial charge in [-0.3, -0.25) is 0 Å². The van der Waals surface area contributed by atoms with Gasteiger partial charge in [0.1, 0.15) is 0 Å². The van der Waals surface area contributed by atoms with Gasteiger partial charge in [0, 0.05) is 0 Å². The molecule has 2 aromatic heterocycles. The molecule has 0 aliphatic rings. The molecule has 0 aromatic carbocycles. The van der Waals surface area contributed by atoms with E-state index in [2.05, 4.69) is 104 Å². The molecule has 0 amide bonds. The molecule has 168 valence electrons. The first-order valence-corrected chi connectivity index (χ1v) is 10.1. The Kier molecular flexibility index (Phi) is 8.06. The highest BCUT2D eigenvalue weighted by molar-refractivity contribution is 5.09. The first-order valence-electron chi connectivity index (χ1n) is 10.1. The van der Waals surface area contributed by atoms with Crippen LogP contribution in [0.2, 0.25) is 0 Å². The van der Waals surface area contributed by atoms with Gasteiger partial charge >= 0.3 is 0 Å². The average Bonchev–Trinajstić information content (AvgIpc) is 3.02. The fourth-order valence-electron chi connectivity index (χ4n) is 2.51. The largest absolute Gasteiger partial charge is 0.243 e. The van der Waals surface area contributed by atoms with Crippen LogP contribution in [-0.2, 0) is 11.1 Å². The molecule has 0 unspecified atom stereocenters. The lowest BCUT2D eigenvalue weighted by atomic mass is 9.76. The summed E-state index contributed by atoms with van der Waals surface area (Å²) in [5, 5.41) is 16.7. The van der Waals surface area contributed by atoms with Gasteiger partial charge in [0.05, 0.1) is 33.9 Å². The molecule has 2 rings (SSSR count). The number of rotatable bonds is 2. The smallest absolute Gasteiger partial charge is 0.0825 e. The van der Waals surface area contributed by atoms with Gasteiger partial charge < -0.3 is 0 Å². The van der Waals surface area contributed by atoms with Crippen molar-refractivity contribution >= 4 is 0 Å². The standard InChI is InChI=1S/2C11H21N3.CH4/c2*1-8-9(2)14(13-12-8)11(6,7)10(3,4)5;/h2*1-7H3;1H4. The Labute approximate surface area is 179 Å². The Hall–Kier alpha value is -1.72. The van der Waals surface area contributed by atoms with Crippen LogP contribution in [0.4, 0.5) is 0 Å². The Bertz CT molecular complexity index is 726. The fourth-order valence-corrected chi connectivity index (χ4v) is 2.51. The van der Waals surface area contributed by atoms with Gasteiger partial charge in [-0.1, -0.05) is 59.4 Å². The van der Waals surface area contributed by atoms with Crippen LogP contribution in [0.5, 0.6) is 0 Å². The van der Waals surface area contributed by atoms with Crippen LogP contribution in [0.1, 0.15) is 99.4 Å². The molecular weight excluding hydrogens is 360 g/mol. The summed E-state index contributed by atoms with van der Waals surface area (Å²) in [6.45, 7) is 30.3. The van der Waals surface area contributed by atoms with Crippen molar-refractivity contribution in [1.29, 1.82) is 0 Å². The van der Waals surface area contributed by atoms with Gasteiger partial charge in [-0.15, -0.1) is 10.2 Å². The zero-order chi connectivity index (χ0) is 22.3. The fraction of sp³-hybridized carbons (Fsp3) is 0.826. The lowest BCUT2D eigenvalue weighted by Gasteiger charge is -2.39. The second kappa shape index (κ2) is 8.57. The first-order chi connectivity index (χ1) is 12.4. The van der Waals surface area contributed by atoms with Gasteiger partial charge in [-0.2, -0.15) is 0 Å². The van der Waals surface area contributed by atoms with E-state index < -0.39 is 0 Å². The van der Waals surface area contributed by atoms with E-state index in [-0.39, 0.29) is 29.3 Å². The zero-order valence-corrected chi connectivity index (χ0v) is 20.7. The Morgan fingerprint density at radius 1 is 0.517 bits per heavy atom. The Balaban J connectivity index is 0.000000523. The monoisotopic (exact) mass is 406 g/mol. The molecule has 0 radical (unpaired) electrons. The van der Waals surface area contributed by atoms with Crippen LogP contribution in [0.15, 0.2) is 0 Å². The molecule has 0 saturated carbocycles. The van der Waals surface area contributed by atoms with Crippen LogP contribution in [0.3, 0.4) is 0 Å². The molecule has 0 bridgehead atoms. The van der Waals surface area contributed by atoms with E-state index >= 15 is 0 Å². The van der Waals surface area contributed by atoms with Gasteiger partial charge in [0.25, 0.3) is 0 Å². The van der Waals surface area contributed by atoms with Crippen molar-refractivity contribution < 1.29 is 0 Å². The molecule has 0 fully saturated rings. The normalized spacial score (nSPS) is 12.9. The molecule has 0 N–H and O–H groups in total. The Morgan fingerprint density at radius 2 is 0.759 bits per heavy atom. The lowest BCUT2D eigenvalue weighted by Crippen LogP contribution is -2.41. The quantitative estimate of drug-likeness (QED) is 0.614. The van der Waals surface area contributed by atoms with Crippen LogP contribution < -0.4 is 0 Å². The second-order valence-electron chi connectivity index (χ2n) is 11.0. The highest BCUT2D eigenvalue weighted by Gasteiger charge is 2.37. The first kappa shape index (κ1) is 27.3. The molecule has 0 atom stereocenters. The summed E-state index contributed by atoms with van der Waals surface area (Å²) in [7, 11) is 0. The van der Waals surface area contributed by atoms with Gasteiger partial charge in [0.2, 0.25) is 0 Å². The Morgan fingerprint density at radius 3 is 0.897 bits per heavy atom. The lowest BCUT2D eigenvalue weighted by molar-refractivity contribution is 0.119. The number of nitrogens with zero attached hydrogens (tertiary/aromatic N) is 6. The van der Waals surface area contributed by atoms with Crippen molar-refractivity contribution in [2.45, 2.75) is 115 Å². The van der Waals surface area contributed by atoms with E-state index in [1.54, 1.807) is 0 Å². The van der Waals surface area contributed by atoms with Crippen molar-refractivity contribution in [2.24, 2.45) is 10.8 Å². The maximum Gasteiger partial charge on any atom is 0.0825 e. The van der Waals surface area contributed by atoms with Crippen molar-refractivity contribution in [3.8, 4) is 0 Å². The number of aromatic nitrogens is 6. The predicted molar refractivity (Wildman–Crippen MR) is 123 cm³/mol. The summed E-state index contributed by atoms with van der Waals surface area (Å²) in [6, 6.07) is 0. The zero-order valence-electron chi connectivity index (χ0n) is 20.7. The average molecular weight is 407 g/mol. The summed E-state index contributed by atoms with van der Waals surface area (Å²) >= 11 is 0. The van der Waals surface area contributed by atoms with E-state index in [1.165, 1.54) is 0 Å². The number of hydrogen-bond donors (Lipinski definition) is 0. The van der Waals surface area contributed by atoms with Gasteiger partial charge in [-0.05, 0) is 66.2 Å². The predicted octanol–water partition coefficient (Wildman–Crippen LogP) is 5.99. The third kappa shape index (κ3) is 5.26. The molecule has 6 heteroatoms. The maximum absolute atomic E-state index is 4.22. The van der Waals surface area contributed by atoms with Crippen LogP contribution in [0.25, 0.3) is 0 Å².